The van der Waals surface area contributed by atoms with E-state index >= 15 is 0 Å². The van der Waals surface area contributed by atoms with Crippen LogP contribution < -0.4 is 17.8 Å². The maximum Gasteiger partial charge on any atom is 0.336 e. The summed E-state index contributed by atoms with van der Waals surface area (Å²) in [4.78, 5) is 0. The highest BCUT2D eigenvalue weighted by molar-refractivity contribution is 5.73. The molecule has 2 nitrogen and oxygen atoms in total. The quantitative estimate of drug-likeness (QED) is 0.265. The highest BCUT2D eigenvalue weighted by Crippen LogP contribution is 2.43. The summed E-state index contributed by atoms with van der Waals surface area (Å²) in [5.41, 5.74) is 0. The van der Waals surface area contributed by atoms with E-state index in [0.29, 0.717) is 11.8 Å². The Balaban J connectivity index is 0.000000720. The lowest BCUT2D eigenvalue weighted by atomic mass is 9.93. The second-order valence-electron chi connectivity index (χ2n) is 3.49. The molecule has 12 heavy (non-hydrogen) atoms. The van der Waals surface area contributed by atoms with Gasteiger partial charge >= 0.3 is 5.90 Å². The molecule has 0 amide bonds. The second-order valence-corrected chi connectivity index (χ2v) is 3.49. The Morgan fingerprint density at radius 2 is 2.17 bits per heavy atom. The Morgan fingerprint density at radius 3 is 2.58 bits per heavy atom. The minimum absolute atomic E-state index is 0. The molecule has 0 radical (unpaired) electrons. The van der Waals surface area contributed by atoms with E-state index in [4.69, 9.17) is 10.1 Å². The van der Waals surface area contributed by atoms with Crippen LogP contribution in [-0.2, 0) is 4.74 Å². The highest BCUT2D eigenvalue weighted by atomic mass is 35.5. The van der Waals surface area contributed by atoms with Crippen LogP contribution in [0.1, 0.15) is 12.8 Å². The Morgan fingerprint density at radius 1 is 1.42 bits per heavy atom. The molecule has 2 N–H and O–H groups in total. The summed E-state index contributed by atoms with van der Waals surface area (Å²) in [6.07, 6.45) is 7.07. The van der Waals surface area contributed by atoms with Crippen LogP contribution in [-0.4, -0.2) is 13.0 Å². The molecule has 1 saturated carbocycles. The predicted octanol–water partition coefficient (Wildman–Crippen LogP) is -2.99. The van der Waals surface area contributed by atoms with Crippen molar-refractivity contribution in [3.05, 3.63) is 12.2 Å². The summed E-state index contributed by atoms with van der Waals surface area (Å²) in [5.74, 6) is 2.66. The normalized spacial score (nSPS) is 36.2. The van der Waals surface area contributed by atoms with Crippen LogP contribution in [0.2, 0.25) is 0 Å². The fourth-order valence-electron chi connectivity index (χ4n) is 2.26. The van der Waals surface area contributed by atoms with Crippen molar-refractivity contribution in [2.24, 2.45) is 17.8 Å². The molecular formula is C9H14ClNO. The highest BCUT2D eigenvalue weighted by Gasteiger charge is 2.41. The molecule has 0 spiro atoms. The minimum atomic E-state index is 0. The van der Waals surface area contributed by atoms with Gasteiger partial charge in [0, 0.05) is 0 Å². The van der Waals surface area contributed by atoms with E-state index in [1.165, 1.54) is 12.8 Å². The summed E-state index contributed by atoms with van der Waals surface area (Å²) in [7, 11) is 1.66. The fraction of sp³-hybridized carbons (Fsp3) is 0.667. The second kappa shape index (κ2) is 3.48. The number of methoxy groups -OCH3 is 1. The van der Waals surface area contributed by atoms with Crippen molar-refractivity contribution in [1.29, 1.82) is 0 Å². The third-order valence-electron chi connectivity index (χ3n) is 2.88. The van der Waals surface area contributed by atoms with Crippen LogP contribution in [0.15, 0.2) is 12.2 Å². The van der Waals surface area contributed by atoms with Gasteiger partial charge in [-0.1, -0.05) is 12.2 Å². The van der Waals surface area contributed by atoms with Gasteiger partial charge in [-0.05, 0) is 24.7 Å². The molecule has 0 aliphatic heterocycles. The van der Waals surface area contributed by atoms with Gasteiger partial charge in [0.2, 0.25) is 0 Å². The third kappa shape index (κ3) is 1.36. The summed E-state index contributed by atoms with van der Waals surface area (Å²) in [6.45, 7) is 0. The molecule has 0 saturated heterocycles. The standard InChI is InChI=1S/C9H13NO.ClH/c1-11-9(10)8-5-6-2-3-7(8)4-6;/h2-3,6-8,10H,4-5H2,1H3;1H/t6-,7+,8?;/m0./s1. The summed E-state index contributed by atoms with van der Waals surface area (Å²) in [6, 6.07) is 0. The van der Waals surface area contributed by atoms with Crippen molar-refractivity contribution < 1.29 is 22.6 Å². The molecular weight excluding hydrogens is 174 g/mol. The molecule has 2 aliphatic carbocycles. The van der Waals surface area contributed by atoms with E-state index in [1.54, 1.807) is 7.11 Å². The number of rotatable bonds is 1. The predicted molar refractivity (Wildman–Crippen MR) is 42.8 cm³/mol. The van der Waals surface area contributed by atoms with Gasteiger partial charge in [-0.3, -0.25) is 0 Å². The summed E-state index contributed by atoms with van der Waals surface area (Å²) in [5, 5.41) is 5.73. The van der Waals surface area contributed by atoms with Gasteiger partial charge in [0.25, 0.3) is 0 Å². The largest absolute Gasteiger partial charge is 1.00 e. The van der Waals surface area contributed by atoms with Crippen LogP contribution in [0.25, 0.3) is 0 Å². The molecule has 0 aromatic heterocycles. The molecule has 1 fully saturated rings. The van der Waals surface area contributed by atoms with Gasteiger partial charge in [0.1, 0.15) is 0 Å². The van der Waals surface area contributed by atoms with Crippen LogP contribution in [0.4, 0.5) is 0 Å². The zero-order valence-electron chi connectivity index (χ0n) is 7.16. The average Bonchev–Trinajstić information content (AvgIpc) is 2.62. The molecule has 2 rings (SSSR count). The lowest BCUT2D eigenvalue weighted by Crippen LogP contribution is -3.00. The van der Waals surface area contributed by atoms with Gasteiger partial charge in [-0.15, -0.1) is 0 Å². The SMILES string of the molecule is COC(=[NH2+])C1C[C@H]2C=C[C@@H]1C2.[Cl-]. The van der Waals surface area contributed by atoms with Gasteiger partial charge in [0.05, 0.1) is 13.0 Å². The first-order valence-corrected chi connectivity index (χ1v) is 4.16. The lowest BCUT2D eigenvalue weighted by molar-refractivity contribution is -0.146. The lowest BCUT2D eigenvalue weighted by Gasteiger charge is -2.12. The van der Waals surface area contributed by atoms with Crippen molar-refractivity contribution in [1.82, 2.24) is 0 Å². The van der Waals surface area contributed by atoms with Gasteiger partial charge in [0.15, 0.2) is 0 Å². The molecule has 2 aliphatic rings. The first kappa shape index (κ1) is 9.59. The molecule has 1 unspecified atom stereocenters. The maximum atomic E-state index is 5.73. The maximum absolute atomic E-state index is 5.73. The molecule has 3 atom stereocenters. The van der Waals surface area contributed by atoms with Crippen LogP contribution >= 0.6 is 0 Å². The van der Waals surface area contributed by atoms with Crippen molar-refractivity contribution in [3.8, 4) is 0 Å². The topological polar surface area (TPSA) is 34.8 Å². The minimum Gasteiger partial charge on any atom is -1.00 e. The van der Waals surface area contributed by atoms with Crippen molar-refractivity contribution in [2.75, 3.05) is 7.11 Å². The average molecular weight is 188 g/mol. The first-order chi connectivity index (χ1) is 5.31. The summed E-state index contributed by atoms with van der Waals surface area (Å²) >= 11 is 0. The third-order valence-corrected chi connectivity index (χ3v) is 2.88. The monoisotopic (exact) mass is 187 g/mol. The van der Waals surface area contributed by atoms with E-state index in [2.05, 4.69) is 12.2 Å². The number of hydrogen-bond acceptors (Lipinski definition) is 1. The number of fused-ring (bicyclic) bond motifs is 2. The Bertz CT molecular complexity index is 215. The number of nitrogens with two attached hydrogens (primary N) is 1. The zero-order chi connectivity index (χ0) is 7.84. The first-order valence-electron chi connectivity index (χ1n) is 4.16. The smallest absolute Gasteiger partial charge is 0.336 e. The molecule has 3 heteroatoms. The fourth-order valence-corrected chi connectivity index (χ4v) is 2.26. The van der Waals surface area contributed by atoms with E-state index in [0.717, 1.165) is 11.8 Å². The van der Waals surface area contributed by atoms with Crippen molar-refractivity contribution >= 4 is 5.90 Å². The number of ether oxygens (including phenoxy) is 1. The van der Waals surface area contributed by atoms with Crippen molar-refractivity contribution in [3.63, 3.8) is 0 Å². The molecule has 0 aromatic carbocycles. The number of halogens is 1. The Hall–Kier alpha value is -0.500. The van der Waals surface area contributed by atoms with E-state index < -0.39 is 0 Å². The van der Waals surface area contributed by atoms with Gasteiger partial charge in [-0.25, -0.2) is 5.41 Å². The Labute approximate surface area is 78.9 Å². The van der Waals surface area contributed by atoms with Crippen LogP contribution in [0.3, 0.4) is 0 Å². The van der Waals surface area contributed by atoms with Crippen LogP contribution in [0, 0.1) is 17.8 Å². The van der Waals surface area contributed by atoms with E-state index in [-0.39, 0.29) is 12.4 Å². The van der Waals surface area contributed by atoms with E-state index in [1.807, 2.05) is 0 Å². The van der Waals surface area contributed by atoms with Crippen molar-refractivity contribution in [2.45, 2.75) is 12.8 Å². The number of allylic oxidation sites excluding steroid dienone is 2. The number of hydrogen-bond donors (Lipinski definition) is 1. The van der Waals surface area contributed by atoms with Gasteiger partial charge < -0.3 is 17.1 Å². The van der Waals surface area contributed by atoms with E-state index in [9.17, 15) is 0 Å². The summed E-state index contributed by atoms with van der Waals surface area (Å²) < 4.78 is 5.05. The molecule has 68 valence electrons. The van der Waals surface area contributed by atoms with Crippen LogP contribution in [0.5, 0.6) is 0 Å². The van der Waals surface area contributed by atoms with Gasteiger partial charge in [-0.2, -0.15) is 0 Å². The zero-order valence-corrected chi connectivity index (χ0v) is 7.92. The molecule has 0 heterocycles. The molecule has 0 aromatic rings. The Kier molecular flexibility index (Phi) is 2.78. The molecule has 2 bridgehead atoms.